The molecule has 28 heavy (non-hydrogen) atoms. The molecule has 0 bridgehead atoms. The molecule has 0 aliphatic carbocycles. The van der Waals surface area contributed by atoms with Gasteiger partial charge in [-0.3, -0.25) is 9.48 Å². The van der Waals surface area contributed by atoms with Crippen molar-refractivity contribution in [3.8, 4) is 11.8 Å². The Morgan fingerprint density at radius 1 is 1.39 bits per heavy atom. The van der Waals surface area contributed by atoms with Crippen LogP contribution >= 0.6 is 0 Å². The summed E-state index contributed by atoms with van der Waals surface area (Å²) in [6.07, 6.45) is 8.04. The van der Waals surface area contributed by atoms with Gasteiger partial charge in [0.2, 0.25) is 5.91 Å². The van der Waals surface area contributed by atoms with Crippen LogP contribution in [0.1, 0.15) is 30.1 Å². The van der Waals surface area contributed by atoms with Crippen LogP contribution in [-0.4, -0.2) is 53.4 Å². The van der Waals surface area contributed by atoms with Gasteiger partial charge in [0, 0.05) is 26.3 Å². The number of nitrogens with two attached hydrogens (primary N) is 1. The van der Waals surface area contributed by atoms with Gasteiger partial charge in [-0.25, -0.2) is 14.6 Å². The van der Waals surface area contributed by atoms with Crippen molar-refractivity contribution >= 4 is 22.8 Å². The molecule has 1 aliphatic heterocycles. The standard InChI is InChI=1S/C19H20N8O/c1-3-16(28)26-8-4-5-14(11-26)27-19-17(18(20)21-12-22-19)15(24-27)7-6-13-9-23-25(2)10-13/h3,9-10,12,14H,1,4-5,8,11H2,2H3,(H2,20,21,22)/t14-/m1/s1. The minimum Gasteiger partial charge on any atom is -0.383 e. The molecule has 142 valence electrons. The number of hydrogen-bond donors (Lipinski definition) is 1. The van der Waals surface area contributed by atoms with Crippen molar-refractivity contribution in [2.45, 2.75) is 18.9 Å². The molecular weight excluding hydrogens is 356 g/mol. The number of fused-ring (bicyclic) bond motifs is 1. The first kappa shape index (κ1) is 17.7. The van der Waals surface area contributed by atoms with Crippen LogP contribution in [0.15, 0.2) is 31.4 Å². The molecule has 1 aliphatic rings. The van der Waals surface area contributed by atoms with E-state index in [1.165, 1.54) is 12.4 Å². The minimum atomic E-state index is -0.0769. The maximum absolute atomic E-state index is 12.0. The molecular formula is C19H20N8O. The molecule has 2 N–H and O–H groups in total. The maximum atomic E-state index is 12.0. The van der Waals surface area contributed by atoms with Gasteiger partial charge in [0.15, 0.2) is 5.65 Å². The fraction of sp³-hybridized carbons (Fsp3) is 0.316. The second kappa shape index (κ2) is 7.15. The zero-order valence-corrected chi connectivity index (χ0v) is 15.5. The van der Waals surface area contributed by atoms with Crippen LogP contribution in [0.4, 0.5) is 5.82 Å². The maximum Gasteiger partial charge on any atom is 0.246 e. The highest BCUT2D eigenvalue weighted by Crippen LogP contribution is 2.28. The van der Waals surface area contributed by atoms with E-state index < -0.39 is 0 Å². The van der Waals surface area contributed by atoms with Crippen LogP contribution in [0.25, 0.3) is 11.0 Å². The lowest BCUT2D eigenvalue weighted by Gasteiger charge is -2.32. The second-order valence-corrected chi connectivity index (χ2v) is 6.69. The van der Waals surface area contributed by atoms with Gasteiger partial charge in [0.25, 0.3) is 0 Å². The lowest BCUT2D eigenvalue weighted by molar-refractivity contribution is -0.127. The first-order valence-electron chi connectivity index (χ1n) is 8.97. The van der Waals surface area contributed by atoms with Crippen molar-refractivity contribution in [3.05, 3.63) is 42.6 Å². The van der Waals surface area contributed by atoms with Crippen LogP contribution < -0.4 is 5.73 Å². The largest absolute Gasteiger partial charge is 0.383 e. The average molecular weight is 376 g/mol. The van der Waals surface area contributed by atoms with Gasteiger partial charge < -0.3 is 10.6 Å². The first-order chi connectivity index (χ1) is 13.6. The number of nitrogens with zero attached hydrogens (tertiary/aromatic N) is 7. The van der Waals surface area contributed by atoms with Crippen molar-refractivity contribution in [3.63, 3.8) is 0 Å². The molecule has 9 nitrogen and oxygen atoms in total. The molecule has 0 unspecified atom stereocenters. The van der Waals surface area contributed by atoms with E-state index in [0.717, 1.165) is 18.4 Å². The third kappa shape index (κ3) is 3.20. The molecule has 1 atom stereocenters. The summed E-state index contributed by atoms with van der Waals surface area (Å²) in [6.45, 7) is 4.83. The van der Waals surface area contributed by atoms with E-state index in [0.29, 0.717) is 35.6 Å². The van der Waals surface area contributed by atoms with E-state index in [4.69, 9.17) is 5.73 Å². The Kier molecular flexibility index (Phi) is 4.53. The summed E-state index contributed by atoms with van der Waals surface area (Å²) >= 11 is 0. The Labute approximate surface area is 161 Å². The fourth-order valence-electron chi connectivity index (χ4n) is 3.44. The molecule has 0 saturated carbocycles. The first-order valence-corrected chi connectivity index (χ1v) is 8.97. The van der Waals surface area contributed by atoms with Crippen molar-refractivity contribution in [1.82, 2.24) is 34.4 Å². The van der Waals surface area contributed by atoms with Crippen LogP contribution in [0.5, 0.6) is 0 Å². The van der Waals surface area contributed by atoms with Crippen molar-refractivity contribution in [1.29, 1.82) is 0 Å². The number of amides is 1. The Bertz CT molecular complexity index is 1120. The summed E-state index contributed by atoms with van der Waals surface area (Å²) in [4.78, 5) is 22.3. The zero-order chi connectivity index (χ0) is 19.7. The summed E-state index contributed by atoms with van der Waals surface area (Å²) in [7, 11) is 1.83. The number of piperidine rings is 1. The number of carbonyl (C=O) groups excluding carboxylic acids is 1. The summed E-state index contributed by atoms with van der Waals surface area (Å²) in [5, 5.41) is 9.43. The Hall–Kier alpha value is -3.67. The minimum absolute atomic E-state index is 0.0107. The van der Waals surface area contributed by atoms with E-state index in [2.05, 4.69) is 38.6 Å². The van der Waals surface area contributed by atoms with Gasteiger partial charge in [-0.15, -0.1) is 0 Å². The number of nitrogen functional groups attached to an aromatic ring is 1. The molecule has 3 aromatic heterocycles. The second-order valence-electron chi connectivity index (χ2n) is 6.69. The van der Waals surface area contributed by atoms with Crippen LogP contribution in [0.3, 0.4) is 0 Å². The number of aryl methyl sites for hydroxylation is 1. The van der Waals surface area contributed by atoms with Crippen molar-refractivity contribution in [2.24, 2.45) is 7.05 Å². The molecule has 3 aromatic rings. The van der Waals surface area contributed by atoms with E-state index >= 15 is 0 Å². The number of carbonyl (C=O) groups is 1. The molecule has 9 heteroatoms. The smallest absolute Gasteiger partial charge is 0.246 e. The van der Waals surface area contributed by atoms with Gasteiger partial charge in [-0.1, -0.05) is 12.5 Å². The van der Waals surface area contributed by atoms with E-state index in [1.807, 2.05) is 17.9 Å². The quantitative estimate of drug-likeness (QED) is 0.526. The highest BCUT2D eigenvalue weighted by atomic mass is 16.2. The third-order valence-electron chi connectivity index (χ3n) is 4.78. The van der Waals surface area contributed by atoms with Crippen LogP contribution in [0.2, 0.25) is 0 Å². The third-order valence-corrected chi connectivity index (χ3v) is 4.78. The summed E-state index contributed by atoms with van der Waals surface area (Å²) < 4.78 is 3.51. The Balaban J connectivity index is 1.76. The molecule has 0 aromatic carbocycles. The zero-order valence-electron chi connectivity index (χ0n) is 15.5. The van der Waals surface area contributed by atoms with Crippen LogP contribution in [-0.2, 0) is 11.8 Å². The van der Waals surface area contributed by atoms with E-state index in [-0.39, 0.29) is 11.9 Å². The molecule has 0 radical (unpaired) electrons. The molecule has 4 rings (SSSR count). The fourth-order valence-corrected chi connectivity index (χ4v) is 3.44. The number of likely N-dealkylation sites (tertiary alicyclic amines) is 1. The SMILES string of the molecule is C=CC(=O)N1CCC[C@@H](n2nc(C#Cc3cnn(C)c3)c3c(N)ncnc32)C1. The summed E-state index contributed by atoms with van der Waals surface area (Å²) in [6, 6.07) is -0.0107. The molecule has 0 spiro atoms. The van der Waals surface area contributed by atoms with Gasteiger partial charge in [0.05, 0.1) is 23.2 Å². The molecule has 1 saturated heterocycles. The predicted molar refractivity (Wildman–Crippen MR) is 104 cm³/mol. The Morgan fingerprint density at radius 3 is 3.00 bits per heavy atom. The van der Waals surface area contributed by atoms with Crippen LogP contribution in [0, 0.1) is 11.8 Å². The highest BCUT2D eigenvalue weighted by molar-refractivity contribution is 5.90. The number of hydrogen-bond acceptors (Lipinski definition) is 6. The summed E-state index contributed by atoms with van der Waals surface area (Å²) in [5.41, 5.74) is 8.03. The van der Waals surface area contributed by atoms with Crippen molar-refractivity contribution < 1.29 is 4.79 Å². The molecule has 4 heterocycles. The molecule has 1 fully saturated rings. The topological polar surface area (TPSA) is 108 Å². The lowest BCUT2D eigenvalue weighted by Crippen LogP contribution is -2.40. The van der Waals surface area contributed by atoms with Gasteiger partial charge in [-0.05, 0) is 24.8 Å². The monoisotopic (exact) mass is 376 g/mol. The normalized spacial score (nSPS) is 16.6. The van der Waals surface area contributed by atoms with E-state index in [1.54, 1.807) is 15.8 Å². The Morgan fingerprint density at radius 2 is 2.25 bits per heavy atom. The van der Waals surface area contributed by atoms with Gasteiger partial charge in [-0.2, -0.15) is 10.2 Å². The number of rotatable bonds is 2. The van der Waals surface area contributed by atoms with Gasteiger partial charge in [0.1, 0.15) is 17.8 Å². The molecule has 1 amide bonds. The summed E-state index contributed by atoms with van der Waals surface area (Å²) in [5.74, 6) is 6.38. The number of anilines is 1. The van der Waals surface area contributed by atoms with Gasteiger partial charge >= 0.3 is 0 Å². The predicted octanol–water partition coefficient (Wildman–Crippen LogP) is 0.891. The average Bonchev–Trinajstić information content (AvgIpc) is 3.30. The van der Waals surface area contributed by atoms with E-state index in [9.17, 15) is 4.79 Å². The lowest BCUT2D eigenvalue weighted by atomic mass is 10.1. The van der Waals surface area contributed by atoms with Crippen molar-refractivity contribution in [2.75, 3.05) is 18.8 Å². The highest BCUT2D eigenvalue weighted by Gasteiger charge is 2.27. The number of aromatic nitrogens is 6.